The molecule has 0 aliphatic heterocycles. The molecule has 0 saturated heterocycles. The minimum atomic E-state index is -0.857. The lowest BCUT2D eigenvalue weighted by atomic mass is 10.0. The molecule has 2 aliphatic rings. The minimum absolute atomic E-state index is 0.0221. The third-order valence-corrected chi connectivity index (χ3v) is 12.6. The molecule has 3 amide bonds. The molecule has 68 heavy (non-hydrogen) atoms. The second-order valence-electron chi connectivity index (χ2n) is 17.5. The van der Waals surface area contributed by atoms with E-state index in [-0.39, 0.29) is 37.1 Å². The van der Waals surface area contributed by atoms with Gasteiger partial charge in [0.1, 0.15) is 30.1 Å². The van der Waals surface area contributed by atoms with E-state index in [9.17, 15) is 19.3 Å². The molecular weight excluding hydrogens is 857 g/mol. The number of hydrogen-bond acceptors (Lipinski definition) is 12. The number of aromatic nitrogens is 6. The van der Waals surface area contributed by atoms with Crippen molar-refractivity contribution in [2.75, 3.05) is 13.1 Å². The number of amides is 3. The minimum Gasteiger partial charge on any atom is -0.349 e. The van der Waals surface area contributed by atoms with Gasteiger partial charge in [0, 0.05) is 64.8 Å². The zero-order valence-corrected chi connectivity index (χ0v) is 38.1. The van der Waals surface area contributed by atoms with Crippen LogP contribution in [-0.2, 0) is 29.2 Å². The molecule has 2 fully saturated rings. The molecule has 350 valence electrons. The molecule has 5 N–H and O–H groups in total. The molecule has 8 rings (SSSR count). The van der Waals surface area contributed by atoms with Crippen molar-refractivity contribution < 1.29 is 19.1 Å². The molecule has 0 radical (unpaired) electrons. The number of nitroso groups, excluding NO2 is 1. The Morgan fingerprint density at radius 2 is 1.26 bits per heavy atom. The van der Waals surface area contributed by atoms with Crippen LogP contribution in [0.2, 0.25) is 0 Å². The molecule has 16 heteroatoms. The predicted octanol–water partition coefficient (Wildman–Crippen LogP) is 5.73. The fraction of sp³-hybridized carbons (Fsp3) is 0.365. The zero-order valence-electron chi connectivity index (χ0n) is 38.1. The Labute approximate surface area is 396 Å². The average molecular weight is 916 g/mol. The Morgan fingerprint density at radius 3 is 2.00 bits per heavy atom. The van der Waals surface area contributed by atoms with Crippen LogP contribution in [0.15, 0.2) is 135 Å². The highest BCUT2D eigenvalue weighted by atomic mass is 16.3. The van der Waals surface area contributed by atoms with Crippen molar-refractivity contribution in [2.45, 2.75) is 107 Å². The van der Waals surface area contributed by atoms with E-state index in [1.54, 1.807) is 36.8 Å². The number of nitrogens with one attached hydrogen (secondary N) is 5. The number of nitrogens with zero attached hydrogens (tertiary/aromatic N) is 7. The Hall–Kier alpha value is -7.17. The van der Waals surface area contributed by atoms with E-state index in [1.165, 1.54) is 36.0 Å². The van der Waals surface area contributed by atoms with Gasteiger partial charge >= 0.3 is 0 Å². The van der Waals surface area contributed by atoms with Crippen LogP contribution in [0.4, 0.5) is 0 Å². The van der Waals surface area contributed by atoms with E-state index in [0.717, 1.165) is 61.1 Å². The normalized spacial score (nSPS) is 17.9. The molecule has 2 aliphatic carbocycles. The van der Waals surface area contributed by atoms with E-state index in [2.05, 4.69) is 105 Å². The van der Waals surface area contributed by atoms with Crippen LogP contribution < -0.4 is 26.6 Å². The highest BCUT2D eigenvalue weighted by molar-refractivity contribution is 5.96. The van der Waals surface area contributed by atoms with E-state index < -0.39 is 18.0 Å². The zero-order chi connectivity index (χ0) is 46.9. The molecule has 6 unspecified atom stereocenters. The van der Waals surface area contributed by atoms with Gasteiger partial charge < -0.3 is 26.6 Å². The second kappa shape index (κ2) is 24.0. The Balaban J connectivity index is 0.791. The van der Waals surface area contributed by atoms with Gasteiger partial charge in [0.25, 0.3) is 17.9 Å². The van der Waals surface area contributed by atoms with E-state index in [4.69, 9.17) is 0 Å². The van der Waals surface area contributed by atoms with Gasteiger partial charge in [0.05, 0.1) is 24.5 Å². The third-order valence-electron chi connectivity index (χ3n) is 12.6. The van der Waals surface area contributed by atoms with E-state index in [1.807, 2.05) is 24.3 Å². The molecule has 16 nitrogen and oxygen atoms in total. The summed E-state index contributed by atoms with van der Waals surface area (Å²) >= 11 is 0. The first-order valence-corrected chi connectivity index (χ1v) is 23.7. The number of benzene rings is 2. The quantitative estimate of drug-likeness (QED) is 0.0327. The van der Waals surface area contributed by atoms with Gasteiger partial charge in [-0.2, -0.15) is 0 Å². The number of unbranched alkanes of at least 4 members (excludes halogenated alkanes) is 2. The summed E-state index contributed by atoms with van der Waals surface area (Å²) in [5.41, 5.74) is 6.85. The third kappa shape index (κ3) is 13.9. The topological polar surface area (TPSA) is 209 Å². The van der Waals surface area contributed by atoms with E-state index >= 15 is 0 Å². The number of carbonyl (C=O) groups is 3. The molecule has 0 spiro atoms. The maximum absolute atomic E-state index is 13.7. The van der Waals surface area contributed by atoms with Gasteiger partial charge in [0.2, 0.25) is 12.5 Å². The van der Waals surface area contributed by atoms with Crippen LogP contribution >= 0.6 is 0 Å². The standard InChI is InChI=1S/C52H58N12O4/c65-50(46(63-51(66)45-20-25-54-35-62-45)16-5-8-22-57-47-29-43(47)36-11-2-1-3-12-36)59-32-42-28-38(18-26-56-42)37-13-10-14-39(27-37)44-30-48(44)58-23-9-6-17-49(64(68)33-41-15-4-7-21-55-41)52(67)60-31-40-19-24-53-34-61-40/h1-4,7,10-15,18-21,24-28,34-35,43-44,46-49,57-58H,5-6,8-9,16-17,22-23,29-33H2,(H2-,59,60,63,65,66,67)/p+1. The van der Waals surface area contributed by atoms with Crippen LogP contribution in [-0.4, -0.2) is 89.6 Å². The highest BCUT2D eigenvalue weighted by Gasteiger charge is 2.39. The summed E-state index contributed by atoms with van der Waals surface area (Å²) in [6.07, 6.45) is 15.4. The summed E-state index contributed by atoms with van der Waals surface area (Å²) in [5.74, 6) is -0.109. The average Bonchev–Trinajstić information content (AvgIpc) is 4.33. The largest absolute Gasteiger partial charge is 0.349 e. The van der Waals surface area contributed by atoms with Crippen molar-refractivity contribution in [3.8, 4) is 11.1 Å². The Bertz CT molecular complexity index is 2570. The summed E-state index contributed by atoms with van der Waals surface area (Å²) in [7, 11) is 0. The maximum atomic E-state index is 13.7. The van der Waals surface area contributed by atoms with Crippen molar-refractivity contribution in [2.24, 2.45) is 0 Å². The molecule has 4 heterocycles. The predicted molar refractivity (Wildman–Crippen MR) is 256 cm³/mol. The molecular formula is C52H59N12O4+. The molecule has 6 atom stereocenters. The number of hydrogen-bond donors (Lipinski definition) is 5. The van der Waals surface area contributed by atoms with Gasteiger partial charge in [-0.15, -0.1) is 0 Å². The van der Waals surface area contributed by atoms with Crippen LogP contribution in [0.1, 0.15) is 102 Å². The highest BCUT2D eigenvalue weighted by Crippen LogP contribution is 2.42. The van der Waals surface area contributed by atoms with Crippen LogP contribution in [0.3, 0.4) is 0 Å². The first kappa shape index (κ1) is 47.3. The van der Waals surface area contributed by atoms with Crippen molar-refractivity contribution >= 4 is 17.7 Å². The first-order chi connectivity index (χ1) is 33.4. The van der Waals surface area contributed by atoms with Gasteiger partial charge in [0.15, 0.2) is 0 Å². The second-order valence-corrected chi connectivity index (χ2v) is 17.5. The SMILES string of the molecule is O=C(NC(CCCCNC1CC1c1ccccc1)C(=O)NCc1cc(-c2cccc(C3CC3NCCCCC(C(=O)NCc3ccncn3)[N+](=O)Cc3ccccn3)c2)ccn1)c1ccncn1. The smallest absolute Gasteiger partial charge is 0.293 e. The fourth-order valence-electron chi connectivity index (χ4n) is 8.60. The molecule has 6 aromatic rings. The van der Waals surface area contributed by atoms with E-state index in [0.29, 0.717) is 60.3 Å². The van der Waals surface area contributed by atoms with Gasteiger partial charge in [-0.25, -0.2) is 19.9 Å². The summed E-state index contributed by atoms with van der Waals surface area (Å²) in [5, 5.41) is 16.1. The summed E-state index contributed by atoms with van der Waals surface area (Å²) < 4.78 is 0.829. The first-order valence-electron chi connectivity index (χ1n) is 23.7. The monoisotopic (exact) mass is 915 g/mol. The van der Waals surface area contributed by atoms with Gasteiger partial charge in [-0.1, -0.05) is 60.7 Å². The molecule has 2 aromatic carbocycles. The summed E-state index contributed by atoms with van der Waals surface area (Å²) in [6.45, 7) is 2.05. The summed E-state index contributed by atoms with van der Waals surface area (Å²) in [6, 6.07) is 30.9. The lowest BCUT2D eigenvalue weighted by Gasteiger charge is -2.18. The Kier molecular flexibility index (Phi) is 16.7. The van der Waals surface area contributed by atoms with Crippen LogP contribution in [0, 0.1) is 4.91 Å². The molecule has 2 saturated carbocycles. The number of rotatable bonds is 26. The molecule has 4 aromatic heterocycles. The van der Waals surface area contributed by atoms with Crippen molar-refractivity contribution in [1.82, 2.24) is 56.5 Å². The lowest BCUT2D eigenvalue weighted by Crippen LogP contribution is -2.46. The van der Waals surface area contributed by atoms with Crippen LogP contribution in [0.25, 0.3) is 11.1 Å². The van der Waals surface area contributed by atoms with Gasteiger partial charge in [-0.05, 0) is 117 Å². The molecule has 0 bridgehead atoms. The summed E-state index contributed by atoms with van der Waals surface area (Å²) in [4.78, 5) is 78.2. The maximum Gasteiger partial charge on any atom is 0.293 e. The van der Waals surface area contributed by atoms with Crippen molar-refractivity contribution in [1.29, 1.82) is 0 Å². The van der Waals surface area contributed by atoms with Gasteiger partial charge in [-0.3, -0.25) is 24.4 Å². The Morgan fingerprint density at radius 1 is 0.588 bits per heavy atom. The van der Waals surface area contributed by atoms with Crippen molar-refractivity contribution in [3.63, 3.8) is 0 Å². The van der Waals surface area contributed by atoms with Crippen molar-refractivity contribution in [3.05, 3.63) is 173 Å². The number of carbonyl (C=O) groups excluding carboxylic acids is 3. The lowest BCUT2D eigenvalue weighted by molar-refractivity contribution is -0.589. The number of pyridine rings is 2. The van der Waals surface area contributed by atoms with Crippen LogP contribution in [0.5, 0.6) is 0 Å². The fourth-order valence-corrected chi connectivity index (χ4v) is 8.60.